The molecule has 0 bridgehead atoms. The van der Waals surface area contributed by atoms with Crippen LogP contribution in [-0.4, -0.2) is 0 Å². The number of rotatable bonds is 13. The number of para-hydroxylation sites is 2. The highest BCUT2D eigenvalue weighted by molar-refractivity contribution is 8.17. The Bertz CT molecular complexity index is 7450. The first-order valence-corrected chi connectivity index (χ1v) is 44.4. The van der Waals surface area contributed by atoms with Crippen molar-refractivity contribution in [1.82, 2.24) is 0 Å². The maximum Gasteiger partial charge on any atom is 0.0755 e. The Morgan fingerprint density at radius 2 is 0.541 bits per heavy atom. The maximum atomic E-state index is 2.57. The van der Waals surface area contributed by atoms with Crippen LogP contribution in [0.3, 0.4) is 0 Å². The molecule has 0 radical (unpaired) electrons. The lowest BCUT2D eigenvalue weighted by atomic mass is 9.66. The molecule has 4 aliphatic rings. The second kappa shape index (κ2) is 29.0. The summed E-state index contributed by atoms with van der Waals surface area (Å²) in [7, 11) is -1.13. The van der Waals surface area contributed by atoms with Crippen LogP contribution in [0.25, 0.3) is 111 Å². The fourth-order valence-corrected chi connectivity index (χ4v) is 25.0. The Hall–Kier alpha value is -14.8. The van der Waals surface area contributed by atoms with Crippen LogP contribution < -0.4 is 9.80 Å². The molecule has 24 rings (SSSR count). The molecule has 0 unspecified atom stereocenters. The second-order valence-corrected chi connectivity index (χ2v) is 35.6. The first-order chi connectivity index (χ1) is 60.6. The molecule has 0 amide bonds. The highest BCUT2D eigenvalue weighted by atomic mass is 32.2. The summed E-state index contributed by atoms with van der Waals surface area (Å²) >= 11 is 1.89. The standard InChI is InChI=1S/C118H78N2S2/c1-5-32-78(33-6-1)88-71-72-89(95-43-14-13-42-94(88)95)82-60-64-84(65-61-82)119(109-53-25-17-40-92(109)80-36-9-3-10-37-80)86-68-75-104-101(76-86)98-45-16-19-47-102(98)117(104)107-51-23-29-58-114(107)122(115-59-30-24-52-108(115)117)87-69-70-96-90(73-74-91(100(96)77-87)79-34-7-2-8-35-79)83-62-66-85(67-63-83)120(110-54-26-18-41-93(110)81-38-11-4-12-39-81)111-55-31-46-99-97-44-15-20-48-103(97)118(116(99)111)105-49-21-27-56-112(105)121-113-57-28-22-50-106(113)118/h1-77,122H. The second-order valence-electron chi connectivity index (χ2n) is 32.3. The Morgan fingerprint density at radius 3 is 1.07 bits per heavy atom. The van der Waals surface area contributed by atoms with Crippen LogP contribution in [0, 0.1) is 0 Å². The van der Waals surface area contributed by atoms with E-state index in [9.17, 15) is 0 Å². The third-order valence-electron chi connectivity index (χ3n) is 26.2. The minimum Gasteiger partial charge on any atom is -0.310 e. The maximum absolute atomic E-state index is 2.57. The molecule has 20 aromatic rings. The quantitative estimate of drug-likeness (QED) is 0.115. The van der Waals surface area contributed by atoms with E-state index >= 15 is 0 Å². The van der Waals surface area contributed by atoms with E-state index in [4.69, 9.17) is 0 Å². The number of benzene rings is 20. The van der Waals surface area contributed by atoms with Crippen molar-refractivity contribution in [2.45, 2.75) is 35.3 Å². The van der Waals surface area contributed by atoms with Gasteiger partial charge in [0.1, 0.15) is 0 Å². The van der Waals surface area contributed by atoms with Gasteiger partial charge < -0.3 is 9.80 Å². The minimum absolute atomic E-state index is 0.617. The lowest BCUT2D eigenvalue weighted by Gasteiger charge is -2.44. The summed E-state index contributed by atoms with van der Waals surface area (Å²) in [6.45, 7) is 0. The van der Waals surface area contributed by atoms with E-state index in [0.29, 0.717) is 0 Å². The van der Waals surface area contributed by atoms with Gasteiger partial charge in [0, 0.05) is 53.3 Å². The highest BCUT2D eigenvalue weighted by Crippen LogP contribution is 2.70. The highest BCUT2D eigenvalue weighted by Gasteiger charge is 2.54. The SMILES string of the molecule is c1ccc(-c2ccccc2N(c2ccc(-c3ccc(-c4ccccc4)c4ccccc34)cc2)c2ccc3c(c2)-c2ccccc2C32c3ccccc3[SH](c3ccc4c(-c5ccc(N(c6ccccc6-c6ccccc6)c6cccc7c6C6(c8ccccc8Sc8ccccc86)c6ccccc6-7)cc5)ccc(-c5ccccc5)c4c3)c3ccccc32)cc1. The molecule has 122 heavy (non-hydrogen) atoms. The lowest BCUT2D eigenvalue weighted by Crippen LogP contribution is -2.33. The fraction of sp³-hybridized carbons (Fsp3) is 0.0169. The van der Waals surface area contributed by atoms with Gasteiger partial charge in [-0.2, -0.15) is 10.9 Å². The van der Waals surface area contributed by atoms with E-state index in [1.165, 1.54) is 152 Å². The Morgan fingerprint density at radius 1 is 0.189 bits per heavy atom. The number of nitrogens with zero attached hydrogens (tertiary/aromatic N) is 2. The molecule has 2 aliphatic heterocycles. The van der Waals surface area contributed by atoms with Crippen molar-refractivity contribution in [3.63, 3.8) is 0 Å². The molecular formula is C118H78N2S2. The average Bonchev–Trinajstić information content (AvgIpc) is 1.48. The molecule has 0 saturated carbocycles. The van der Waals surface area contributed by atoms with E-state index in [0.717, 1.165) is 61.9 Å². The fourth-order valence-electron chi connectivity index (χ4n) is 21.1. The van der Waals surface area contributed by atoms with Crippen molar-refractivity contribution in [1.29, 1.82) is 0 Å². The Labute approximate surface area is 718 Å². The van der Waals surface area contributed by atoms with E-state index in [-0.39, 0.29) is 0 Å². The van der Waals surface area contributed by atoms with Gasteiger partial charge in [0.25, 0.3) is 0 Å². The van der Waals surface area contributed by atoms with Crippen LogP contribution in [0.4, 0.5) is 34.1 Å². The monoisotopic (exact) mass is 1590 g/mol. The molecular weight excluding hydrogens is 1510 g/mol. The van der Waals surface area contributed by atoms with Gasteiger partial charge in [-0.15, -0.1) is 0 Å². The van der Waals surface area contributed by atoms with Crippen molar-refractivity contribution in [3.8, 4) is 89.0 Å². The van der Waals surface area contributed by atoms with Crippen LogP contribution in [0.1, 0.15) is 44.5 Å². The van der Waals surface area contributed by atoms with Crippen LogP contribution in [0.2, 0.25) is 0 Å². The van der Waals surface area contributed by atoms with Crippen molar-refractivity contribution in [3.05, 3.63) is 512 Å². The number of hydrogen-bond donors (Lipinski definition) is 1. The van der Waals surface area contributed by atoms with E-state index in [1.54, 1.807) is 0 Å². The van der Waals surface area contributed by atoms with E-state index in [2.05, 4.69) is 477 Å². The normalized spacial score (nSPS) is 14.8. The molecule has 2 nitrogen and oxygen atoms in total. The lowest BCUT2D eigenvalue weighted by molar-refractivity contribution is 0.719. The van der Waals surface area contributed by atoms with Crippen LogP contribution in [0.5, 0.6) is 0 Å². The summed E-state index contributed by atoms with van der Waals surface area (Å²) < 4.78 is 0. The summed E-state index contributed by atoms with van der Waals surface area (Å²) in [5.41, 5.74) is 35.0. The molecule has 0 N–H and O–H groups in total. The molecule has 2 aliphatic carbocycles. The van der Waals surface area contributed by atoms with Crippen molar-refractivity contribution in [2.75, 3.05) is 9.80 Å². The van der Waals surface area contributed by atoms with Crippen LogP contribution >= 0.6 is 22.7 Å². The largest absolute Gasteiger partial charge is 0.310 e. The van der Waals surface area contributed by atoms with Gasteiger partial charge in [-0.25, -0.2) is 0 Å². The van der Waals surface area contributed by atoms with Crippen molar-refractivity contribution < 1.29 is 0 Å². The summed E-state index contributed by atoms with van der Waals surface area (Å²) in [5.74, 6) is 0. The van der Waals surface area contributed by atoms with E-state index in [1.807, 2.05) is 11.8 Å². The summed E-state index contributed by atoms with van der Waals surface area (Å²) in [5, 5.41) is 4.91. The molecule has 0 saturated heterocycles. The molecule has 0 fully saturated rings. The van der Waals surface area contributed by atoms with Gasteiger partial charge in [-0.1, -0.05) is 388 Å². The minimum atomic E-state index is -1.13. The van der Waals surface area contributed by atoms with Crippen LogP contribution in [0.15, 0.2) is 492 Å². The first kappa shape index (κ1) is 71.3. The summed E-state index contributed by atoms with van der Waals surface area (Å²) in [4.78, 5) is 11.7. The third kappa shape index (κ3) is 11.0. The topological polar surface area (TPSA) is 6.48 Å². The summed E-state index contributed by atoms with van der Waals surface area (Å²) in [6, 6.07) is 176. The van der Waals surface area contributed by atoms with Gasteiger partial charge in [0.05, 0.1) is 27.9 Å². The number of anilines is 6. The first-order valence-electron chi connectivity index (χ1n) is 42.2. The van der Waals surface area contributed by atoms with Gasteiger partial charge >= 0.3 is 0 Å². The predicted molar refractivity (Wildman–Crippen MR) is 512 cm³/mol. The zero-order valence-electron chi connectivity index (χ0n) is 66.7. The smallest absolute Gasteiger partial charge is 0.0755 e. The molecule has 572 valence electrons. The Kier molecular flexibility index (Phi) is 17.0. The summed E-state index contributed by atoms with van der Waals surface area (Å²) in [6.07, 6.45) is 0. The molecule has 0 atom stereocenters. The third-order valence-corrected chi connectivity index (χ3v) is 29.8. The molecule has 2 spiro atoms. The zero-order chi connectivity index (χ0) is 80.4. The van der Waals surface area contributed by atoms with Crippen LogP contribution in [-0.2, 0) is 10.8 Å². The van der Waals surface area contributed by atoms with Crippen molar-refractivity contribution >= 4 is 78.3 Å². The van der Waals surface area contributed by atoms with Gasteiger partial charge in [0.2, 0.25) is 0 Å². The van der Waals surface area contributed by atoms with E-state index < -0.39 is 21.7 Å². The Balaban J connectivity index is 0.641. The number of fused-ring (bicyclic) bond motifs is 20. The molecule has 0 aromatic heterocycles. The average molecular weight is 1590 g/mol. The van der Waals surface area contributed by atoms with Crippen molar-refractivity contribution in [2.24, 2.45) is 0 Å². The van der Waals surface area contributed by atoms with Gasteiger partial charge in [0.15, 0.2) is 0 Å². The van der Waals surface area contributed by atoms with Gasteiger partial charge in [-0.3, -0.25) is 0 Å². The predicted octanol–water partition coefficient (Wildman–Crippen LogP) is 31.9. The molecule has 4 heteroatoms. The molecule has 20 aromatic carbocycles. The zero-order valence-corrected chi connectivity index (χ0v) is 68.4. The van der Waals surface area contributed by atoms with Gasteiger partial charge in [-0.05, 0) is 234 Å². The number of hydrogen-bond acceptors (Lipinski definition) is 3. The molecule has 2 heterocycles. The number of thiol groups is 1.